The Balaban J connectivity index is 1.79. The van der Waals surface area contributed by atoms with Crippen LogP contribution in [0.1, 0.15) is 23.9 Å². The highest BCUT2D eigenvalue weighted by atomic mass is 32.2. The number of carbonyl (C=O) groups is 1. The molecule has 1 aromatic carbocycles. The standard InChI is InChI=1S/C18H19FN4OS/c1-25-11-9-15(18-22-21-16-8-4-5-10-23(16)18)20-17(24)12-13-6-2-3-7-14(13)19/h2-8,10,15H,9,11-12H2,1H3,(H,20,24). The maximum Gasteiger partial charge on any atom is 0.225 e. The predicted molar refractivity (Wildman–Crippen MR) is 97.0 cm³/mol. The van der Waals surface area contributed by atoms with Gasteiger partial charge in [0.25, 0.3) is 0 Å². The number of nitrogens with zero attached hydrogens (tertiary/aromatic N) is 3. The molecule has 1 unspecified atom stereocenters. The number of fused-ring (bicyclic) bond motifs is 1. The molecule has 0 aliphatic carbocycles. The van der Waals surface area contributed by atoms with Crippen molar-refractivity contribution < 1.29 is 9.18 Å². The van der Waals surface area contributed by atoms with E-state index < -0.39 is 0 Å². The first-order chi connectivity index (χ1) is 12.2. The molecule has 5 nitrogen and oxygen atoms in total. The van der Waals surface area contributed by atoms with E-state index in [-0.39, 0.29) is 24.2 Å². The first-order valence-corrected chi connectivity index (χ1v) is 9.40. The van der Waals surface area contributed by atoms with E-state index in [1.54, 1.807) is 30.0 Å². The monoisotopic (exact) mass is 358 g/mol. The summed E-state index contributed by atoms with van der Waals surface area (Å²) in [6.45, 7) is 0. The number of hydrogen-bond acceptors (Lipinski definition) is 4. The minimum absolute atomic E-state index is 0.000816. The van der Waals surface area contributed by atoms with Crippen molar-refractivity contribution >= 4 is 23.3 Å². The summed E-state index contributed by atoms with van der Waals surface area (Å²) in [5.41, 5.74) is 1.12. The van der Waals surface area contributed by atoms with Crippen LogP contribution >= 0.6 is 11.8 Å². The number of amides is 1. The van der Waals surface area contributed by atoms with Gasteiger partial charge < -0.3 is 5.32 Å². The molecule has 1 atom stereocenters. The first kappa shape index (κ1) is 17.4. The highest BCUT2D eigenvalue weighted by Gasteiger charge is 2.20. The van der Waals surface area contributed by atoms with Crippen LogP contribution < -0.4 is 5.32 Å². The lowest BCUT2D eigenvalue weighted by molar-refractivity contribution is -0.121. The van der Waals surface area contributed by atoms with Crippen molar-refractivity contribution in [1.82, 2.24) is 19.9 Å². The SMILES string of the molecule is CSCCC(NC(=O)Cc1ccccc1F)c1nnc2ccccn12. The lowest BCUT2D eigenvalue weighted by atomic mass is 10.1. The topological polar surface area (TPSA) is 59.3 Å². The molecule has 0 saturated carbocycles. The van der Waals surface area contributed by atoms with E-state index >= 15 is 0 Å². The van der Waals surface area contributed by atoms with Gasteiger partial charge in [0.1, 0.15) is 5.82 Å². The lowest BCUT2D eigenvalue weighted by Gasteiger charge is -2.17. The van der Waals surface area contributed by atoms with Crippen LogP contribution in [0.25, 0.3) is 5.65 Å². The molecule has 2 aromatic heterocycles. The summed E-state index contributed by atoms with van der Waals surface area (Å²) in [5, 5.41) is 11.4. The molecule has 25 heavy (non-hydrogen) atoms. The second kappa shape index (κ2) is 8.11. The van der Waals surface area contributed by atoms with Crippen molar-refractivity contribution in [2.45, 2.75) is 18.9 Å². The number of aromatic nitrogens is 3. The van der Waals surface area contributed by atoms with Gasteiger partial charge in [0.2, 0.25) is 5.91 Å². The smallest absolute Gasteiger partial charge is 0.225 e. The fraction of sp³-hybridized carbons (Fsp3) is 0.278. The number of thioether (sulfide) groups is 1. The molecule has 0 spiro atoms. The molecule has 3 rings (SSSR count). The Labute approximate surface area is 149 Å². The minimum Gasteiger partial charge on any atom is -0.346 e. The Morgan fingerprint density at radius 2 is 2.04 bits per heavy atom. The van der Waals surface area contributed by atoms with Gasteiger partial charge in [0.15, 0.2) is 11.5 Å². The van der Waals surface area contributed by atoms with Crippen LogP contribution in [-0.4, -0.2) is 32.5 Å². The van der Waals surface area contributed by atoms with Gasteiger partial charge in [-0.25, -0.2) is 4.39 Å². The number of carbonyl (C=O) groups excluding carboxylic acids is 1. The van der Waals surface area contributed by atoms with E-state index in [0.29, 0.717) is 11.4 Å². The molecule has 1 N–H and O–H groups in total. The zero-order chi connectivity index (χ0) is 17.6. The second-order valence-electron chi connectivity index (χ2n) is 5.66. The molecule has 3 aromatic rings. The van der Waals surface area contributed by atoms with Gasteiger partial charge in [0.05, 0.1) is 12.5 Å². The molecule has 2 heterocycles. The number of nitrogens with one attached hydrogen (secondary N) is 1. The Hall–Kier alpha value is -2.41. The maximum atomic E-state index is 13.8. The highest BCUT2D eigenvalue weighted by Crippen LogP contribution is 2.18. The van der Waals surface area contributed by atoms with Crippen LogP contribution in [0, 0.1) is 5.82 Å². The number of benzene rings is 1. The molecule has 7 heteroatoms. The average molecular weight is 358 g/mol. The van der Waals surface area contributed by atoms with E-state index in [9.17, 15) is 9.18 Å². The molecule has 0 fully saturated rings. The van der Waals surface area contributed by atoms with Crippen LogP contribution in [0.3, 0.4) is 0 Å². The Morgan fingerprint density at radius 3 is 2.84 bits per heavy atom. The molecular formula is C18H19FN4OS. The van der Waals surface area contributed by atoms with Gasteiger partial charge in [-0.1, -0.05) is 24.3 Å². The van der Waals surface area contributed by atoms with Crippen molar-refractivity contribution in [2.24, 2.45) is 0 Å². The predicted octanol–water partition coefficient (Wildman–Crippen LogP) is 3.02. The van der Waals surface area contributed by atoms with Crippen LogP contribution in [-0.2, 0) is 11.2 Å². The summed E-state index contributed by atoms with van der Waals surface area (Å²) in [6, 6.07) is 11.7. The third-order valence-electron chi connectivity index (χ3n) is 3.91. The lowest BCUT2D eigenvalue weighted by Crippen LogP contribution is -2.31. The molecule has 0 bridgehead atoms. The second-order valence-corrected chi connectivity index (χ2v) is 6.64. The van der Waals surface area contributed by atoms with Gasteiger partial charge in [-0.2, -0.15) is 11.8 Å². The summed E-state index contributed by atoms with van der Waals surface area (Å²) >= 11 is 1.70. The molecule has 0 saturated heterocycles. The van der Waals surface area contributed by atoms with E-state index in [0.717, 1.165) is 17.8 Å². The minimum atomic E-state index is -0.369. The molecule has 130 valence electrons. The van der Waals surface area contributed by atoms with Crippen molar-refractivity contribution in [2.75, 3.05) is 12.0 Å². The zero-order valence-corrected chi connectivity index (χ0v) is 14.7. The van der Waals surface area contributed by atoms with Crippen LogP contribution in [0.5, 0.6) is 0 Å². The fourth-order valence-corrected chi connectivity index (χ4v) is 3.13. The highest BCUT2D eigenvalue weighted by molar-refractivity contribution is 7.98. The van der Waals surface area contributed by atoms with Crippen molar-refractivity contribution in [3.05, 3.63) is 65.9 Å². The largest absolute Gasteiger partial charge is 0.346 e. The number of halogens is 1. The maximum absolute atomic E-state index is 13.8. The summed E-state index contributed by atoms with van der Waals surface area (Å²) in [7, 11) is 0. The molecule has 0 aliphatic heterocycles. The number of hydrogen-bond donors (Lipinski definition) is 1. The third kappa shape index (κ3) is 4.17. The Morgan fingerprint density at radius 1 is 1.24 bits per heavy atom. The van der Waals surface area contributed by atoms with Crippen LogP contribution in [0.15, 0.2) is 48.7 Å². The molecular weight excluding hydrogens is 339 g/mol. The number of pyridine rings is 1. The zero-order valence-electron chi connectivity index (χ0n) is 13.9. The molecule has 1 amide bonds. The van der Waals surface area contributed by atoms with Crippen molar-refractivity contribution in [3.8, 4) is 0 Å². The van der Waals surface area contributed by atoms with Gasteiger partial charge in [-0.15, -0.1) is 10.2 Å². The van der Waals surface area contributed by atoms with Gasteiger partial charge in [-0.05, 0) is 42.2 Å². The normalized spacial score (nSPS) is 12.2. The third-order valence-corrected chi connectivity index (χ3v) is 4.55. The summed E-state index contributed by atoms with van der Waals surface area (Å²) in [4.78, 5) is 12.4. The number of rotatable bonds is 7. The van der Waals surface area contributed by atoms with Crippen LogP contribution in [0.4, 0.5) is 4.39 Å². The quantitative estimate of drug-likeness (QED) is 0.705. The van der Waals surface area contributed by atoms with E-state index in [4.69, 9.17) is 0 Å². The summed E-state index contributed by atoms with van der Waals surface area (Å²) in [6.07, 6.45) is 4.61. The van der Waals surface area contributed by atoms with Crippen molar-refractivity contribution in [3.63, 3.8) is 0 Å². The van der Waals surface area contributed by atoms with Gasteiger partial charge in [-0.3, -0.25) is 9.20 Å². The molecule has 0 radical (unpaired) electrons. The average Bonchev–Trinajstić information content (AvgIpc) is 3.04. The molecule has 0 aliphatic rings. The van der Waals surface area contributed by atoms with E-state index in [2.05, 4.69) is 15.5 Å². The van der Waals surface area contributed by atoms with Crippen LogP contribution in [0.2, 0.25) is 0 Å². The van der Waals surface area contributed by atoms with E-state index in [1.165, 1.54) is 6.07 Å². The first-order valence-electron chi connectivity index (χ1n) is 8.00. The van der Waals surface area contributed by atoms with Crippen molar-refractivity contribution in [1.29, 1.82) is 0 Å². The summed E-state index contributed by atoms with van der Waals surface area (Å²) < 4.78 is 15.6. The van der Waals surface area contributed by atoms with Gasteiger partial charge in [0, 0.05) is 6.20 Å². The van der Waals surface area contributed by atoms with E-state index in [1.807, 2.05) is 35.1 Å². The Bertz CT molecular complexity index is 867. The Kier molecular flexibility index (Phi) is 5.65. The van der Waals surface area contributed by atoms with Gasteiger partial charge >= 0.3 is 0 Å². The fourth-order valence-electron chi connectivity index (χ4n) is 2.66. The summed E-state index contributed by atoms with van der Waals surface area (Å²) in [5.74, 6) is 0.952.